The average molecular weight is 265 g/mol. The lowest BCUT2D eigenvalue weighted by atomic mass is 9.97. The van der Waals surface area contributed by atoms with Gasteiger partial charge in [0.25, 0.3) is 0 Å². The lowest BCUT2D eigenvalue weighted by Gasteiger charge is -2.19. The van der Waals surface area contributed by atoms with Crippen LogP contribution in [-0.4, -0.2) is 6.54 Å². The maximum absolute atomic E-state index is 3.74. The third-order valence-electron chi connectivity index (χ3n) is 3.71. The number of nitrogens with one attached hydrogen (secondary N) is 1. The Labute approximate surface area is 116 Å². The standard InChI is InChI=1S/C16H27NS/c1-4-9-17-14(10-12(2)3)16-11-13-7-5-6-8-15(13)18-16/h11-12,14,17H,4-10H2,1-3H3. The molecule has 0 saturated heterocycles. The van der Waals surface area contributed by atoms with Crippen LogP contribution >= 0.6 is 11.3 Å². The normalized spacial score (nSPS) is 16.9. The Bertz CT molecular complexity index is 344. The quantitative estimate of drug-likeness (QED) is 0.785. The fourth-order valence-corrected chi connectivity index (χ4v) is 4.12. The minimum atomic E-state index is 0.584. The van der Waals surface area contributed by atoms with Crippen LogP contribution in [0.1, 0.15) is 67.8 Å². The van der Waals surface area contributed by atoms with E-state index in [2.05, 4.69) is 43.5 Å². The largest absolute Gasteiger partial charge is 0.309 e. The number of fused-ring (bicyclic) bond motifs is 1. The Morgan fingerprint density at radius 1 is 1.28 bits per heavy atom. The van der Waals surface area contributed by atoms with Gasteiger partial charge in [0.1, 0.15) is 0 Å². The Morgan fingerprint density at radius 3 is 2.72 bits per heavy atom. The van der Waals surface area contributed by atoms with Gasteiger partial charge in [0, 0.05) is 15.8 Å². The van der Waals surface area contributed by atoms with Gasteiger partial charge < -0.3 is 5.32 Å². The van der Waals surface area contributed by atoms with Crippen molar-refractivity contribution in [3.8, 4) is 0 Å². The third-order valence-corrected chi connectivity index (χ3v) is 5.06. The molecule has 2 heteroatoms. The summed E-state index contributed by atoms with van der Waals surface area (Å²) in [5.74, 6) is 0.762. The fourth-order valence-electron chi connectivity index (χ4n) is 2.78. The van der Waals surface area contributed by atoms with Crippen molar-refractivity contribution in [3.63, 3.8) is 0 Å². The lowest BCUT2D eigenvalue weighted by Crippen LogP contribution is -2.22. The van der Waals surface area contributed by atoms with Crippen LogP contribution in [0.25, 0.3) is 0 Å². The molecule has 0 aromatic carbocycles. The summed E-state index contributed by atoms with van der Waals surface area (Å²) < 4.78 is 0. The van der Waals surface area contributed by atoms with E-state index in [4.69, 9.17) is 0 Å². The molecule has 1 heterocycles. The molecule has 0 saturated carbocycles. The first-order chi connectivity index (χ1) is 8.70. The molecule has 102 valence electrons. The number of rotatable bonds is 6. The summed E-state index contributed by atoms with van der Waals surface area (Å²) in [6.45, 7) is 8.04. The van der Waals surface area contributed by atoms with Crippen LogP contribution in [0.4, 0.5) is 0 Å². The molecule has 1 unspecified atom stereocenters. The van der Waals surface area contributed by atoms with E-state index in [0.717, 1.165) is 12.5 Å². The molecule has 0 bridgehead atoms. The summed E-state index contributed by atoms with van der Waals surface area (Å²) in [7, 11) is 0. The number of aryl methyl sites for hydroxylation is 2. The maximum atomic E-state index is 3.74. The zero-order valence-electron chi connectivity index (χ0n) is 12.1. The van der Waals surface area contributed by atoms with Crippen molar-refractivity contribution < 1.29 is 0 Å². The topological polar surface area (TPSA) is 12.0 Å². The van der Waals surface area contributed by atoms with E-state index in [1.807, 2.05) is 0 Å². The van der Waals surface area contributed by atoms with E-state index in [1.165, 1.54) is 38.5 Å². The van der Waals surface area contributed by atoms with Crippen molar-refractivity contribution >= 4 is 11.3 Å². The molecule has 1 atom stereocenters. The minimum absolute atomic E-state index is 0.584. The maximum Gasteiger partial charge on any atom is 0.0417 e. The van der Waals surface area contributed by atoms with E-state index in [1.54, 1.807) is 15.3 Å². The highest BCUT2D eigenvalue weighted by atomic mass is 32.1. The Balaban J connectivity index is 2.10. The molecule has 18 heavy (non-hydrogen) atoms. The second-order valence-corrected chi connectivity index (χ2v) is 7.11. The molecule has 1 aliphatic rings. The van der Waals surface area contributed by atoms with Crippen molar-refractivity contribution in [2.45, 2.75) is 65.3 Å². The smallest absolute Gasteiger partial charge is 0.0417 e. The van der Waals surface area contributed by atoms with Gasteiger partial charge in [-0.05, 0) is 62.6 Å². The molecule has 1 aliphatic carbocycles. The summed E-state index contributed by atoms with van der Waals surface area (Å²) in [5.41, 5.74) is 1.65. The first-order valence-electron chi connectivity index (χ1n) is 7.55. The monoisotopic (exact) mass is 265 g/mol. The van der Waals surface area contributed by atoms with Gasteiger partial charge >= 0.3 is 0 Å². The number of thiophene rings is 1. The highest BCUT2D eigenvalue weighted by molar-refractivity contribution is 7.12. The van der Waals surface area contributed by atoms with Crippen molar-refractivity contribution in [2.75, 3.05) is 6.54 Å². The molecule has 0 aliphatic heterocycles. The van der Waals surface area contributed by atoms with Gasteiger partial charge in [0.05, 0.1) is 0 Å². The van der Waals surface area contributed by atoms with E-state index in [0.29, 0.717) is 6.04 Å². The first kappa shape index (κ1) is 14.1. The zero-order chi connectivity index (χ0) is 13.0. The molecular weight excluding hydrogens is 238 g/mol. The summed E-state index contributed by atoms with van der Waals surface area (Å²) in [6.07, 6.45) is 7.90. The van der Waals surface area contributed by atoms with Crippen molar-refractivity contribution in [1.82, 2.24) is 5.32 Å². The van der Waals surface area contributed by atoms with Gasteiger partial charge in [-0.25, -0.2) is 0 Å². The number of hydrogen-bond donors (Lipinski definition) is 1. The van der Waals surface area contributed by atoms with Crippen molar-refractivity contribution in [2.24, 2.45) is 5.92 Å². The van der Waals surface area contributed by atoms with Crippen LogP contribution in [0.3, 0.4) is 0 Å². The molecule has 1 nitrogen and oxygen atoms in total. The molecule has 2 rings (SSSR count). The minimum Gasteiger partial charge on any atom is -0.309 e. The second kappa shape index (κ2) is 6.72. The predicted octanol–water partition coefficient (Wildman–Crippen LogP) is 4.71. The zero-order valence-corrected chi connectivity index (χ0v) is 12.9. The summed E-state index contributed by atoms with van der Waals surface area (Å²) in [5, 5.41) is 3.74. The summed E-state index contributed by atoms with van der Waals surface area (Å²) in [4.78, 5) is 3.26. The summed E-state index contributed by atoms with van der Waals surface area (Å²) >= 11 is 2.07. The van der Waals surface area contributed by atoms with E-state index in [-0.39, 0.29) is 0 Å². The van der Waals surface area contributed by atoms with Gasteiger partial charge in [0.2, 0.25) is 0 Å². The molecule has 1 N–H and O–H groups in total. The van der Waals surface area contributed by atoms with E-state index in [9.17, 15) is 0 Å². The second-order valence-electron chi connectivity index (χ2n) is 5.94. The lowest BCUT2D eigenvalue weighted by molar-refractivity contribution is 0.435. The van der Waals surface area contributed by atoms with Gasteiger partial charge in [0.15, 0.2) is 0 Å². The SMILES string of the molecule is CCCNC(CC(C)C)c1cc2c(s1)CCCC2. The summed E-state index contributed by atoms with van der Waals surface area (Å²) in [6, 6.07) is 3.08. The van der Waals surface area contributed by atoms with Crippen LogP contribution in [0.5, 0.6) is 0 Å². The molecule has 1 aromatic rings. The van der Waals surface area contributed by atoms with Crippen molar-refractivity contribution in [1.29, 1.82) is 0 Å². The van der Waals surface area contributed by atoms with E-state index < -0.39 is 0 Å². The molecule has 1 aromatic heterocycles. The van der Waals surface area contributed by atoms with Crippen LogP contribution in [0.2, 0.25) is 0 Å². The Morgan fingerprint density at radius 2 is 2.06 bits per heavy atom. The first-order valence-corrected chi connectivity index (χ1v) is 8.37. The van der Waals surface area contributed by atoms with E-state index >= 15 is 0 Å². The fraction of sp³-hybridized carbons (Fsp3) is 0.750. The third kappa shape index (κ3) is 3.58. The molecule has 0 spiro atoms. The van der Waals surface area contributed by atoms with Crippen LogP contribution < -0.4 is 5.32 Å². The Hall–Kier alpha value is -0.340. The van der Waals surface area contributed by atoms with Gasteiger partial charge in [-0.3, -0.25) is 0 Å². The molecule has 0 radical (unpaired) electrons. The van der Waals surface area contributed by atoms with Gasteiger partial charge in [-0.15, -0.1) is 11.3 Å². The molecule has 0 amide bonds. The van der Waals surface area contributed by atoms with Crippen LogP contribution in [-0.2, 0) is 12.8 Å². The van der Waals surface area contributed by atoms with Crippen LogP contribution in [0, 0.1) is 5.92 Å². The van der Waals surface area contributed by atoms with Crippen molar-refractivity contribution in [3.05, 3.63) is 21.4 Å². The Kier molecular flexibility index (Phi) is 5.25. The van der Waals surface area contributed by atoms with Crippen LogP contribution in [0.15, 0.2) is 6.07 Å². The highest BCUT2D eigenvalue weighted by Crippen LogP contribution is 2.34. The predicted molar refractivity (Wildman–Crippen MR) is 81.5 cm³/mol. The van der Waals surface area contributed by atoms with Gasteiger partial charge in [-0.1, -0.05) is 20.8 Å². The molecular formula is C16H27NS. The number of hydrogen-bond acceptors (Lipinski definition) is 2. The highest BCUT2D eigenvalue weighted by Gasteiger charge is 2.19. The average Bonchev–Trinajstić information content (AvgIpc) is 2.77. The molecule has 0 fully saturated rings. The van der Waals surface area contributed by atoms with Gasteiger partial charge in [-0.2, -0.15) is 0 Å².